The highest BCUT2D eigenvalue weighted by Crippen LogP contribution is 2.31. The van der Waals surface area contributed by atoms with Crippen molar-refractivity contribution in [3.05, 3.63) is 52.4 Å². The average molecular weight is 382 g/mol. The Hall–Kier alpha value is -2.51. The Morgan fingerprint density at radius 3 is 2.72 bits per heavy atom. The molecular formula is C16H13Cl2N3O4. The Bertz CT molecular complexity index is 853. The molecule has 0 saturated carbocycles. The number of rotatable bonds is 4. The van der Waals surface area contributed by atoms with Gasteiger partial charge in [-0.25, -0.2) is 4.79 Å². The van der Waals surface area contributed by atoms with Crippen molar-refractivity contribution in [2.75, 3.05) is 11.9 Å². The average Bonchev–Trinajstić information content (AvgIpc) is 3.17. The van der Waals surface area contributed by atoms with Gasteiger partial charge in [0.05, 0.1) is 22.0 Å². The molecule has 7 nitrogen and oxygen atoms in total. The van der Waals surface area contributed by atoms with Gasteiger partial charge in [-0.2, -0.15) is 0 Å². The predicted molar refractivity (Wildman–Crippen MR) is 91.4 cm³/mol. The first-order chi connectivity index (χ1) is 11.8. The van der Waals surface area contributed by atoms with Crippen molar-refractivity contribution in [1.82, 2.24) is 10.2 Å². The van der Waals surface area contributed by atoms with E-state index < -0.39 is 29.9 Å². The molecule has 2 aromatic rings. The quantitative estimate of drug-likeness (QED) is 0.796. The molecule has 2 heterocycles. The second-order valence-electron chi connectivity index (χ2n) is 5.57. The molecule has 0 spiro atoms. The summed E-state index contributed by atoms with van der Waals surface area (Å²) in [6.45, 7) is 1.04. The van der Waals surface area contributed by atoms with E-state index in [0.29, 0.717) is 5.69 Å². The molecule has 1 fully saturated rings. The third-order valence-electron chi connectivity index (χ3n) is 3.82. The van der Waals surface area contributed by atoms with Crippen LogP contribution in [0.5, 0.6) is 0 Å². The van der Waals surface area contributed by atoms with Crippen molar-refractivity contribution in [3.63, 3.8) is 0 Å². The molecule has 0 aliphatic carbocycles. The first-order valence-electron chi connectivity index (χ1n) is 7.25. The zero-order valence-corrected chi connectivity index (χ0v) is 14.5. The first-order valence-corrected chi connectivity index (χ1v) is 8.00. The lowest BCUT2D eigenvalue weighted by Gasteiger charge is -2.19. The highest BCUT2D eigenvalue weighted by Gasteiger charge is 2.51. The number of benzene rings is 1. The minimum atomic E-state index is -1.35. The lowest BCUT2D eigenvalue weighted by Crippen LogP contribution is -2.41. The molecule has 130 valence electrons. The van der Waals surface area contributed by atoms with Gasteiger partial charge in [0.15, 0.2) is 5.54 Å². The minimum Gasteiger partial charge on any atom is -0.466 e. The molecule has 3 rings (SSSR count). The van der Waals surface area contributed by atoms with E-state index in [9.17, 15) is 14.4 Å². The molecule has 1 atom stereocenters. The fourth-order valence-corrected chi connectivity index (χ4v) is 2.85. The second-order valence-corrected chi connectivity index (χ2v) is 6.36. The van der Waals surface area contributed by atoms with Crippen molar-refractivity contribution in [2.24, 2.45) is 0 Å². The summed E-state index contributed by atoms with van der Waals surface area (Å²) in [5.41, 5.74) is -1.06. The standard InChI is InChI=1S/C16H13Cl2N3O4/c1-16(11-6-3-7-25-11)14(23)21(15(24)20-16)8-12(22)19-10-5-2-4-9(17)13(10)18/h2-7H,8H2,1H3,(H,19,22)(H,20,24). The largest absolute Gasteiger partial charge is 0.466 e. The predicted octanol–water partition coefficient (Wildman–Crippen LogP) is 2.99. The summed E-state index contributed by atoms with van der Waals surface area (Å²) in [6, 6.07) is 7.25. The van der Waals surface area contributed by atoms with Crippen LogP contribution >= 0.6 is 23.2 Å². The van der Waals surface area contributed by atoms with Crippen LogP contribution in [-0.4, -0.2) is 29.3 Å². The van der Waals surface area contributed by atoms with E-state index in [0.717, 1.165) is 4.90 Å². The Kier molecular flexibility index (Phi) is 4.45. The fraction of sp³-hybridized carbons (Fsp3) is 0.188. The summed E-state index contributed by atoms with van der Waals surface area (Å²) in [4.78, 5) is 37.8. The maximum Gasteiger partial charge on any atom is 0.325 e. The smallest absolute Gasteiger partial charge is 0.325 e. The van der Waals surface area contributed by atoms with Crippen LogP contribution in [0.25, 0.3) is 0 Å². The van der Waals surface area contributed by atoms with Crippen molar-refractivity contribution in [1.29, 1.82) is 0 Å². The van der Waals surface area contributed by atoms with Crippen LogP contribution in [0.15, 0.2) is 41.0 Å². The lowest BCUT2D eigenvalue weighted by molar-refractivity contribution is -0.134. The van der Waals surface area contributed by atoms with Gasteiger partial charge in [0.2, 0.25) is 5.91 Å². The van der Waals surface area contributed by atoms with Gasteiger partial charge in [-0.3, -0.25) is 14.5 Å². The number of nitrogens with one attached hydrogen (secondary N) is 2. The van der Waals surface area contributed by atoms with Crippen molar-refractivity contribution in [3.8, 4) is 0 Å². The number of anilines is 1. The van der Waals surface area contributed by atoms with Crippen LogP contribution in [-0.2, 0) is 15.1 Å². The normalized spacial score (nSPS) is 19.9. The van der Waals surface area contributed by atoms with E-state index in [1.807, 2.05) is 0 Å². The summed E-state index contributed by atoms with van der Waals surface area (Å²) in [7, 11) is 0. The van der Waals surface area contributed by atoms with Crippen molar-refractivity contribution < 1.29 is 18.8 Å². The van der Waals surface area contributed by atoms with E-state index in [1.54, 1.807) is 30.3 Å². The molecule has 25 heavy (non-hydrogen) atoms. The number of hydrogen-bond acceptors (Lipinski definition) is 4. The van der Waals surface area contributed by atoms with E-state index in [2.05, 4.69) is 10.6 Å². The second kappa shape index (κ2) is 6.42. The van der Waals surface area contributed by atoms with E-state index in [-0.39, 0.29) is 15.8 Å². The Morgan fingerprint density at radius 1 is 1.28 bits per heavy atom. The van der Waals surface area contributed by atoms with Gasteiger partial charge in [0.1, 0.15) is 12.3 Å². The number of furan rings is 1. The molecular weight excluding hydrogens is 369 g/mol. The van der Waals surface area contributed by atoms with Gasteiger partial charge >= 0.3 is 6.03 Å². The van der Waals surface area contributed by atoms with Crippen molar-refractivity contribution in [2.45, 2.75) is 12.5 Å². The minimum absolute atomic E-state index is 0.176. The van der Waals surface area contributed by atoms with Crippen LogP contribution in [0.3, 0.4) is 0 Å². The number of nitrogens with zero attached hydrogens (tertiary/aromatic N) is 1. The van der Waals surface area contributed by atoms with Gasteiger partial charge in [0, 0.05) is 0 Å². The van der Waals surface area contributed by atoms with Gasteiger partial charge in [-0.15, -0.1) is 0 Å². The molecule has 0 bridgehead atoms. The zero-order chi connectivity index (χ0) is 18.2. The van der Waals surface area contributed by atoms with Gasteiger partial charge < -0.3 is 15.1 Å². The molecule has 1 saturated heterocycles. The number of carbonyl (C=O) groups excluding carboxylic acids is 3. The molecule has 1 aliphatic rings. The van der Waals surface area contributed by atoms with Crippen LogP contribution in [0.4, 0.5) is 10.5 Å². The summed E-state index contributed by atoms with van der Waals surface area (Å²) in [5, 5.41) is 5.52. The van der Waals surface area contributed by atoms with Crippen LogP contribution in [0, 0.1) is 0 Å². The van der Waals surface area contributed by atoms with Gasteiger partial charge in [-0.05, 0) is 31.2 Å². The van der Waals surface area contributed by atoms with Gasteiger partial charge in [-0.1, -0.05) is 29.3 Å². The number of imide groups is 1. The molecule has 4 amide bonds. The number of hydrogen-bond donors (Lipinski definition) is 2. The number of amides is 4. The summed E-state index contributed by atoms with van der Waals surface area (Å²) < 4.78 is 5.22. The summed E-state index contributed by atoms with van der Waals surface area (Å²) in [6.07, 6.45) is 1.40. The van der Waals surface area contributed by atoms with Gasteiger partial charge in [0.25, 0.3) is 5.91 Å². The first kappa shape index (κ1) is 17.3. The zero-order valence-electron chi connectivity index (χ0n) is 13.0. The number of urea groups is 1. The highest BCUT2D eigenvalue weighted by molar-refractivity contribution is 6.44. The molecule has 1 unspecified atom stereocenters. The third kappa shape index (κ3) is 3.08. The topological polar surface area (TPSA) is 91.7 Å². The molecule has 9 heteroatoms. The van der Waals surface area contributed by atoms with Crippen LogP contribution < -0.4 is 10.6 Å². The van der Waals surface area contributed by atoms with E-state index >= 15 is 0 Å². The molecule has 1 aromatic heterocycles. The Morgan fingerprint density at radius 2 is 2.04 bits per heavy atom. The highest BCUT2D eigenvalue weighted by atomic mass is 35.5. The Balaban J connectivity index is 1.74. The SMILES string of the molecule is CC1(c2ccco2)NC(=O)N(CC(=O)Nc2cccc(Cl)c2Cl)C1=O. The molecule has 1 aliphatic heterocycles. The fourth-order valence-electron chi connectivity index (χ4n) is 2.50. The lowest BCUT2D eigenvalue weighted by atomic mass is 9.99. The monoisotopic (exact) mass is 381 g/mol. The molecule has 0 radical (unpaired) electrons. The van der Waals surface area contributed by atoms with Crippen LogP contribution in [0.1, 0.15) is 12.7 Å². The van der Waals surface area contributed by atoms with E-state index in [4.69, 9.17) is 27.6 Å². The molecule has 2 N–H and O–H groups in total. The van der Waals surface area contributed by atoms with E-state index in [1.165, 1.54) is 13.2 Å². The number of halogens is 2. The Labute approximate surface area is 152 Å². The maximum absolute atomic E-state index is 12.6. The number of carbonyl (C=O) groups is 3. The summed E-state index contributed by atoms with van der Waals surface area (Å²) >= 11 is 11.9. The molecule has 1 aromatic carbocycles. The van der Waals surface area contributed by atoms with Crippen molar-refractivity contribution >= 4 is 46.7 Å². The summed E-state index contributed by atoms with van der Waals surface area (Å²) in [5.74, 6) is -0.886. The third-order valence-corrected chi connectivity index (χ3v) is 4.64. The maximum atomic E-state index is 12.6. The van der Waals surface area contributed by atoms with Crippen LogP contribution in [0.2, 0.25) is 10.0 Å².